The van der Waals surface area contributed by atoms with Gasteiger partial charge in [0.25, 0.3) is 0 Å². The molecule has 0 saturated heterocycles. The standard InChI is InChI=1S/C16H23BrN2O2/c1-2-11-4-3-5-13(8-11)21-10-16(20)19-15-7-6-12(18)9-14(15)17/h6-7,9,11,13H,2-5,8,10,18H2,1H3,(H,19,20). The lowest BCUT2D eigenvalue weighted by molar-refractivity contribution is -0.123. The molecule has 3 N–H and O–H groups in total. The molecule has 2 unspecified atom stereocenters. The van der Waals surface area contributed by atoms with Crippen molar-refractivity contribution in [3.05, 3.63) is 22.7 Å². The number of ether oxygens (including phenoxy) is 1. The number of hydrogen-bond donors (Lipinski definition) is 2. The first kappa shape index (κ1) is 16.3. The number of hydrogen-bond acceptors (Lipinski definition) is 3. The minimum atomic E-state index is -0.126. The van der Waals surface area contributed by atoms with Crippen molar-refractivity contribution in [2.45, 2.75) is 45.1 Å². The van der Waals surface area contributed by atoms with E-state index in [4.69, 9.17) is 10.5 Å². The van der Waals surface area contributed by atoms with Gasteiger partial charge in [-0.25, -0.2) is 0 Å². The molecule has 2 rings (SSSR count). The van der Waals surface area contributed by atoms with Crippen LogP contribution in [0.3, 0.4) is 0 Å². The Labute approximate surface area is 134 Å². The summed E-state index contributed by atoms with van der Waals surface area (Å²) in [6, 6.07) is 5.31. The normalized spacial score (nSPS) is 22.0. The second-order valence-corrected chi connectivity index (χ2v) is 6.52. The molecule has 116 valence electrons. The molecule has 21 heavy (non-hydrogen) atoms. The molecule has 1 aromatic carbocycles. The summed E-state index contributed by atoms with van der Waals surface area (Å²) >= 11 is 3.38. The Morgan fingerprint density at radius 2 is 2.29 bits per heavy atom. The fraction of sp³-hybridized carbons (Fsp3) is 0.562. The molecule has 0 aromatic heterocycles. The van der Waals surface area contributed by atoms with Gasteiger partial charge in [-0.15, -0.1) is 0 Å². The number of nitrogens with two attached hydrogens (primary N) is 1. The van der Waals surface area contributed by atoms with Crippen LogP contribution in [0.1, 0.15) is 39.0 Å². The lowest BCUT2D eigenvalue weighted by atomic mass is 9.85. The van der Waals surface area contributed by atoms with Gasteiger partial charge < -0.3 is 15.8 Å². The highest BCUT2D eigenvalue weighted by Crippen LogP contribution is 2.28. The smallest absolute Gasteiger partial charge is 0.250 e. The fourth-order valence-corrected chi connectivity index (χ4v) is 3.27. The van der Waals surface area contributed by atoms with Crippen LogP contribution in [0.25, 0.3) is 0 Å². The molecular formula is C16H23BrN2O2. The van der Waals surface area contributed by atoms with Crippen molar-refractivity contribution in [1.29, 1.82) is 0 Å². The van der Waals surface area contributed by atoms with Crippen molar-refractivity contribution in [2.24, 2.45) is 5.92 Å². The van der Waals surface area contributed by atoms with E-state index in [1.54, 1.807) is 18.2 Å². The largest absolute Gasteiger partial charge is 0.399 e. The second kappa shape index (κ2) is 7.80. The van der Waals surface area contributed by atoms with Gasteiger partial charge in [0, 0.05) is 10.2 Å². The second-order valence-electron chi connectivity index (χ2n) is 5.66. The monoisotopic (exact) mass is 354 g/mol. The Bertz CT molecular complexity index is 493. The Kier molecular flexibility index (Phi) is 6.06. The third kappa shape index (κ3) is 5.00. The van der Waals surface area contributed by atoms with E-state index in [-0.39, 0.29) is 18.6 Å². The topological polar surface area (TPSA) is 64.3 Å². The molecule has 4 nitrogen and oxygen atoms in total. The van der Waals surface area contributed by atoms with Crippen LogP contribution in [0.2, 0.25) is 0 Å². The van der Waals surface area contributed by atoms with Crippen LogP contribution in [0.15, 0.2) is 22.7 Å². The predicted molar refractivity (Wildman–Crippen MR) is 89.2 cm³/mol. The minimum absolute atomic E-state index is 0.109. The van der Waals surface area contributed by atoms with Crippen LogP contribution in [0.5, 0.6) is 0 Å². The number of halogens is 1. The molecule has 0 heterocycles. The Hall–Kier alpha value is -1.07. The van der Waals surface area contributed by atoms with Crippen LogP contribution in [0.4, 0.5) is 11.4 Å². The summed E-state index contributed by atoms with van der Waals surface area (Å²) in [5, 5.41) is 2.84. The lowest BCUT2D eigenvalue weighted by Crippen LogP contribution is -2.27. The van der Waals surface area contributed by atoms with Crippen LogP contribution < -0.4 is 11.1 Å². The summed E-state index contributed by atoms with van der Waals surface area (Å²) in [6.45, 7) is 2.33. The van der Waals surface area contributed by atoms with Crippen LogP contribution in [-0.2, 0) is 9.53 Å². The van der Waals surface area contributed by atoms with E-state index in [1.165, 1.54) is 19.3 Å². The van der Waals surface area contributed by atoms with E-state index in [9.17, 15) is 4.79 Å². The average molecular weight is 355 g/mol. The molecule has 1 fully saturated rings. The first-order valence-corrected chi connectivity index (χ1v) is 8.34. The third-order valence-corrected chi connectivity index (χ3v) is 4.69. The number of nitrogen functional groups attached to an aromatic ring is 1. The summed E-state index contributed by atoms with van der Waals surface area (Å²) in [7, 11) is 0. The number of carbonyl (C=O) groups excluding carboxylic acids is 1. The molecule has 0 aliphatic heterocycles. The van der Waals surface area contributed by atoms with Crippen molar-refractivity contribution < 1.29 is 9.53 Å². The predicted octanol–water partition coefficient (Wildman–Crippen LogP) is 3.96. The van der Waals surface area contributed by atoms with Crippen molar-refractivity contribution in [3.8, 4) is 0 Å². The van der Waals surface area contributed by atoms with Gasteiger partial charge in [-0.3, -0.25) is 4.79 Å². The molecule has 2 atom stereocenters. The molecule has 1 aliphatic carbocycles. The van der Waals surface area contributed by atoms with Crippen LogP contribution in [-0.4, -0.2) is 18.6 Å². The summed E-state index contributed by atoms with van der Waals surface area (Å²) < 4.78 is 6.54. The molecule has 0 bridgehead atoms. The van der Waals surface area contributed by atoms with E-state index < -0.39 is 0 Å². The molecular weight excluding hydrogens is 332 g/mol. The Morgan fingerprint density at radius 3 is 3.00 bits per heavy atom. The maximum Gasteiger partial charge on any atom is 0.250 e. The first-order valence-electron chi connectivity index (χ1n) is 7.55. The molecule has 1 aliphatic rings. The highest BCUT2D eigenvalue weighted by atomic mass is 79.9. The SMILES string of the molecule is CCC1CCCC(OCC(=O)Nc2ccc(N)cc2Br)C1. The molecule has 1 amide bonds. The number of rotatable bonds is 5. The number of carbonyl (C=O) groups is 1. The summed E-state index contributed by atoms with van der Waals surface area (Å²) in [5.41, 5.74) is 7.05. The van der Waals surface area contributed by atoms with E-state index in [0.29, 0.717) is 11.4 Å². The zero-order chi connectivity index (χ0) is 15.2. The Morgan fingerprint density at radius 1 is 1.48 bits per heavy atom. The van der Waals surface area contributed by atoms with Crippen molar-refractivity contribution >= 4 is 33.2 Å². The molecule has 0 spiro atoms. The number of nitrogens with one attached hydrogen (secondary N) is 1. The maximum absolute atomic E-state index is 12.0. The van der Waals surface area contributed by atoms with Crippen molar-refractivity contribution in [2.75, 3.05) is 17.7 Å². The zero-order valence-corrected chi connectivity index (χ0v) is 14.0. The molecule has 0 radical (unpaired) electrons. The zero-order valence-electron chi connectivity index (χ0n) is 12.4. The van der Waals surface area contributed by atoms with Gasteiger partial charge in [-0.1, -0.05) is 26.2 Å². The highest BCUT2D eigenvalue weighted by molar-refractivity contribution is 9.10. The van der Waals surface area contributed by atoms with Gasteiger partial charge in [-0.2, -0.15) is 0 Å². The van der Waals surface area contributed by atoms with Gasteiger partial charge in [0.2, 0.25) is 5.91 Å². The van der Waals surface area contributed by atoms with Gasteiger partial charge in [0.05, 0.1) is 11.8 Å². The summed E-state index contributed by atoms with van der Waals surface area (Å²) in [6.07, 6.45) is 6.06. The number of amides is 1. The van der Waals surface area contributed by atoms with Crippen molar-refractivity contribution in [3.63, 3.8) is 0 Å². The van der Waals surface area contributed by atoms with E-state index in [1.807, 2.05) is 0 Å². The molecule has 1 aromatic rings. The van der Waals surface area contributed by atoms with Gasteiger partial charge >= 0.3 is 0 Å². The number of anilines is 2. The number of benzene rings is 1. The first-order chi connectivity index (χ1) is 10.1. The van der Waals surface area contributed by atoms with E-state index in [2.05, 4.69) is 28.2 Å². The summed E-state index contributed by atoms with van der Waals surface area (Å²) in [4.78, 5) is 12.0. The average Bonchev–Trinajstić information content (AvgIpc) is 2.48. The molecule has 1 saturated carbocycles. The Balaban J connectivity index is 1.79. The van der Waals surface area contributed by atoms with Crippen LogP contribution >= 0.6 is 15.9 Å². The quantitative estimate of drug-likeness (QED) is 0.786. The lowest BCUT2D eigenvalue weighted by Gasteiger charge is -2.28. The van der Waals surface area contributed by atoms with E-state index in [0.717, 1.165) is 23.2 Å². The summed E-state index contributed by atoms with van der Waals surface area (Å²) in [5.74, 6) is 0.622. The maximum atomic E-state index is 12.0. The molecule has 5 heteroatoms. The van der Waals surface area contributed by atoms with Crippen LogP contribution in [0, 0.1) is 5.92 Å². The minimum Gasteiger partial charge on any atom is -0.399 e. The fourth-order valence-electron chi connectivity index (χ4n) is 2.78. The van der Waals surface area contributed by atoms with Gasteiger partial charge in [-0.05, 0) is 52.9 Å². The van der Waals surface area contributed by atoms with E-state index >= 15 is 0 Å². The highest BCUT2D eigenvalue weighted by Gasteiger charge is 2.21. The third-order valence-electron chi connectivity index (χ3n) is 4.03. The van der Waals surface area contributed by atoms with Gasteiger partial charge in [0.1, 0.15) is 6.61 Å². The van der Waals surface area contributed by atoms with Crippen molar-refractivity contribution in [1.82, 2.24) is 0 Å². The van der Waals surface area contributed by atoms with Gasteiger partial charge in [0.15, 0.2) is 0 Å².